The van der Waals surface area contributed by atoms with Crippen LogP contribution in [-0.2, 0) is 17.9 Å². The van der Waals surface area contributed by atoms with Gasteiger partial charge < -0.3 is 4.90 Å². The van der Waals surface area contributed by atoms with E-state index < -0.39 is 0 Å². The monoisotopic (exact) mass is 330 g/mol. The van der Waals surface area contributed by atoms with E-state index in [0.29, 0.717) is 6.54 Å². The van der Waals surface area contributed by atoms with Crippen molar-refractivity contribution in [3.63, 3.8) is 0 Å². The third-order valence-corrected chi connectivity index (χ3v) is 5.59. The number of nitrogens with zero attached hydrogens (tertiary/aromatic N) is 3. The second-order valence-corrected chi connectivity index (χ2v) is 7.19. The summed E-state index contributed by atoms with van der Waals surface area (Å²) < 4.78 is 2.07. The van der Waals surface area contributed by atoms with Crippen LogP contribution in [0.25, 0.3) is 0 Å². The molecular formula is C18H24N3OS+. The lowest BCUT2D eigenvalue weighted by molar-refractivity contribution is -0.686. The van der Waals surface area contributed by atoms with Crippen molar-refractivity contribution in [1.82, 2.24) is 9.80 Å². The number of rotatable bonds is 4. The Morgan fingerprint density at radius 3 is 2.43 bits per heavy atom. The van der Waals surface area contributed by atoms with Crippen molar-refractivity contribution < 1.29 is 9.36 Å². The summed E-state index contributed by atoms with van der Waals surface area (Å²) in [7, 11) is 0. The van der Waals surface area contributed by atoms with E-state index in [1.165, 1.54) is 16.1 Å². The summed E-state index contributed by atoms with van der Waals surface area (Å²) in [6.07, 6.45) is 0. The molecule has 2 aromatic rings. The minimum absolute atomic E-state index is 0.232. The van der Waals surface area contributed by atoms with Crippen molar-refractivity contribution in [3.8, 4) is 0 Å². The highest BCUT2D eigenvalue weighted by Crippen LogP contribution is 2.10. The summed E-state index contributed by atoms with van der Waals surface area (Å²) >= 11 is 1.71. The fourth-order valence-electron chi connectivity index (χ4n) is 2.91. The van der Waals surface area contributed by atoms with Crippen molar-refractivity contribution in [2.75, 3.05) is 26.2 Å². The summed E-state index contributed by atoms with van der Waals surface area (Å²) in [6.45, 7) is 9.18. The minimum Gasteiger partial charge on any atom is -0.335 e. The zero-order chi connectivity index (χ0) is 16.2. The fourth-order valence-corrected chi connectivity index (χ4v) is 3.71. The molecule has 4 nitrogen and oxygen atoms in total. The maximum absolute atomic E-state index is 12.5. The molecule has 5 heteroatoms. The molecule has 0 atom stereocenters. The lowest BCUT2D eigenvalue weighted by Gasteiger charge is -2.34. The average Bonchev–Trinajstić information content (AvgIpc) is 2.88. The quantitative estimate of drug-likeness (QED) is 0.802. The zero-order valence-electron chi connectivity index (χ0n) is 13.9. The first-order chi connectivity index (χ1) is 11.1. The van der Waals surface area contributed by atoms with E-state index in [0.717, 1.165) is 32.7 Å². The van der Waals surface area contributed by atoms with Gasteiger partial charge in [-0.2, -0.15) is 4.57 Å². The van der Waals surface area contributed by atoms with Gasteiger partial charge in [-0.05, 0) is 12.5 Å². The van der Waals surface area contributed by atoms with Crippen molar-refractivity contribution >= 4 is 17.2 Å². The van der Waals surface area contributed by atoms with Crippen LogP contribution in [0.2, 0.25) is 0 Å². The second-order valence-electron chi connectivity index (χ2n) is 6.14. The standard InChI is InChI=1S/C18H24N3OS/c1-15-16(2)23-14-21(15)13-18(22)20-10-8-19(9-11-20)12-17-6-4-3-5-7-17/h3-7,14H,8-13H2,1-2H3/q+1. The maximum atomic E-state index is 12.5. The number of hydrogen-bond donors (Lipinski definition) is 0. The van der Waals surface area contributed by atoms with Crippen molar-refractivity contribution in [3.05, 3.63) is 52.0 Å². The molecule has 1 saturated heterocycles. The second kappa shape index (κ2) is 7.23. The van der Waals surface area contributed by atoms with Gasteiger partial charge in [-0.1, -0.05) is 41.7 Å². The Morgan fingerprint density at radius 1 is 1.13 bits per heavy atom. The van der Waals surface area contributed by atoms with Crippen LogP contribution in [0.5, 0.6) is 0 Å². The molecule has 0 spiro atoms. The maximum Gasteiger partial charge on any atom is 0.288 e. The molecule has 1 aliphatic rings. The van der Waals surface area contributed by atoms with E-state index >= 15 is 0 Å². The van der Waals surface area contributed by atoms with Crippen LogP contribution in [0.15, 0.2) is 35.8 Å². The Bertz CT molecular complexity index is 660. The van der Waals surface area contributed by atoms with Crippen LogP contribution in [0.3, 0.4) is 0 Å². The first-order valence-electron chi connectivity index (χ1n) is 8.11. The first kappa shape index (κ1) is 16.1. The van der Waals surface area contributed by atoms with E-state index in [1.54, 1.807) is 11.3 Å². The van der Waals surface area contributed by atoms with Crippen LogP contribution in [0, 0.1) is 13.8 Å². The highest BCUT2D eigenvalue weighted by molar-refractivity contribution is 7.09. The summed E-state index contributed by atoms with van der Waals surface area (Å²) in [5.41, 5.74) is 4.59. The van der Waals surface area contributed by atoms with Crippen LogP contribution in [-0.4, -0.2) is 41.9 Å². The largest absolute Gasteiger partial charge is 0.335 e. The predicted octanol–water partition coefficient (Wildman–Crippen LogP) is 2.00. The van der Waals surface area contributed by atoms with Crippen molar-refractivity contribution in [2.24, 2.45) is 0 Å². The number of piperazine rings is 1. The molecule has 0 aliphatic carbocycles. The lowest BCUT2D eigenvalue weighted by atomic mass is 10.2. The highest BCUT2D eigenvalue weighted by Gasteiger charge is 2.25. The normalized spacial score (nSPS) is 15.8. The topological polar surface area (TPSA) is 27.4 Å². The van der Waals surface area contributed by atoms with Crippen LogP contribution < -0.4 is 4.57 Å². The Balaban J connectivity index is 1.50. The van der Waals surface area contributed by atoms with Gasteiger partial charge in [0, 0.05) is 39.6 Å². The summed E-state index contributed by atoms with van der Waals surface area (Å²) in [6, 6.07) is 10.5. The molecule has 122 valence electrons. The van der Waals surface area contributed by atoms with Gasteiger partial charge in [0.1, 0.15) is 0 Å². The number of thiazole rings is 1. The molecule has 2 heterocycles. The zero-order valence-corrected chi connectivity index (χ0v) is 14.7. The molecule has 23 heavy (non-hydrogen) atoms. The van der Waals surface area contributed by atoms with Gasteiger partial charge in [-0.3, -0.25) is 9.69 Å². The number of benzene rings is 1. The van der Waals surface area contributed by atoms with Crippen molar-refractivity contribution in [1.29, 1.82) is 0 Å². The van der Waals surface area contributed by atoms with Crippen molar-refractivity contribution in [2.45, 2.75) is 26.9 Å². The SMILES string of the molecule is Cc1sc[n+](CC(=O)N2CCN(Cc3ccccc3)CC2)c1C. The molecule has 0 radical (unpaired) electrons. The van der Waals surface area contributed by atoms with Gasteiger partial charge in [0.05, 0.1) is 4.88 Å². The smallest absolute Gasteiger partial charge is 0.288 e. The Hall–Kier alpha value is -1.72. The lowest BCUT2D eigenvalue weighted by Crippen LogP contribution is -2.52. The molecule has 1 aromatic carbocycles. The van der Waals surface area contributed by atoms with E-state index in [2.05, 4.69) is 47.6 Å². The molecular weight excluding hydrogens is 306 g/mol. The molecule has 1 aliphatic heterocycles. The van der Waals surface area contributed by atoms with E-state index in [4.69, 9.17) is 0 Å². The van der Waals surface area contributed by atoms with E-state index in [9.17, 15) is 4.79 Å². The van der Waals surface area contributed by atoms with Gasteiger partial charge >= 0.3 is 0 Å². The van der Waals surface area contributed by atoms with E-state index in [-0.39, 0.29) is 5.91 Å². The minimum atomic E-state index is 0.232. The molecule has 1 amide bonds. The number of hydrogen-bond acceptors (Lipinski definition) is 3. The molecule has 0 unspecified atom stereocenters. The molecule has 3 rings (SSSR count). The Kier molecular flexibility index (Phi) is 5.08. The van der Waals surface area contributed by atoms with Gasteiger partial charge in [-0.25, -0.2) is 0 Å². The third kappa shape index (κ3) is 3.98. The molecule has 1 fully saturated rings. The third-order valence-electron chi connectivity index (χ3n) is 4.58. The number of aromatic nitrogens is 1. The van der Waals surface area contributed by atoms with Crippen LogP contribution >= 0.6 is 11.3 Å². The molecule has 0 N–H and O–H groups in total. The molecule has 0 saturated carbocycles. The fraction of sp³-hybridized carbons (Fsp3) is 0.444. The van der Waals surface area contributed by atoms with Crippen LogP contribution in [0.4, 0.5) is 0 Å². The summed E-state index contributed by atoms with van der Waals surface area (Å²) in [4.78, 5) is 18.2. The van der Waals surface area contributed by atoms with Gasteiger partial charge in [0.2, 0.25) is 12.1 Å². The highest BCUT2D eigenvalue weighted by atomic mass is 32.1. The Morgan fingerprint density at radius 2 is 1.83 bits per heavy atom. The summed E-state index contributed by atoms with van der Waals surface area (Å²) in [5, 5.41) is 0. The van der Waals surface area contributed by atoms with Crippen LogP contribution in [0.1, 0.15) is 16.1 Å². The first-order valence-corrected chi connectivity index (χ1v) is 8.99. The summed E-state index contributed by atoms with van der Waals surface area (Å²) in [5.74, 6) is 0.232. The number of carbonyl (C=O) groups is 1. The average molecular weight is 330 g/mol. The molecule has 1 aromatic heterocycles. The molecule has 0 bridgehead atoms. The van der Waals surface area contributed by atoms with Gasteiger partial charge in [0.25, 0.3) is 5.91 Å². The predicted molar refractivity (Wildman–Crippen MR) is 92.3 cm³/mol. The Labute approximate surface area is 142 Å². The van der Waals surface area contributed by atoms with E-state index in [1.807, 2.05) is 16.5 Å². The number of amides is 1. The number of carbonyl (C=O) groups excluding carboxylic acids is 1. The van der Waals surface area contributed by atoms with Gasteiger partial charge in [0.15, 0.2) is 5.69 Å². The van der Waals surface area contributed by atoms with Gasteiger partial charge in [-0.15, -0.1) is 0 Å². The number of aryl methyl sites for hydroxylation is 1.